The standard InChI is InChI=1S/C24H30ClN3O3/c1-16-12-27(20-6-4-19(25)5-7-20)13-17(2)28(16)14-21(29)15-31-22-8-9-23-18(11-22)3-10-24(30)26-23/h4-9,11,16-17,21,29H,3,10,12-15H2,1-2H3,(H,26,30). The maximum Gasteiger partial charge on any atom is 0.224 e. The van der Waals surface area contributed by atoms with Crippen molar-refractivity contribution in [2.75, 3.05) is 36.5 Å². The van der Waals surface area contributed by atoms with E-state index in [1.165, 1.54) is 5.69 Å². The van der Waals surface area contributed by atoms with E-state index in [0.29, 0.717) is 31.5 Å². The highest BCUT2D eigenvalue weighted by molar-refractivity contribution is 6.30. The van der Waals surface area contributed by atoms with E-state index in [4.69, 9.17) is 16.3 Å². The minimum atomic E-state index is -0.581. The molecule has 2 aromatic carbocycles. The number of halogens is 1. The van der Waals surface area contributed by atoms with Gasteiger partial charge in [-0.15, -0.1) is 0 Å². The van der Waals surface area contributed by atoms with E-state index >= 15 is 0 Å². The number of aliphatic hydroxyl groups is 1. The summed E-state index contributed by atoms with van der Waals surface area (Å²) in [4.78, 5) is 16.2. The van der Waals surface area contributed by atoms with Crippen molar-refractivity contribution in [2.45, 2.75) is 44.9 Å². The monoisotopic (exact) mass is 443 g/mol. The predicted molar refractivity (Wildman–Crippen MR) is 124 cm³/mol. The minimum Gasteiger partial charge on any atom is -0.491 e. The van der Waals surface area contributed by atoms with E-state index in [2.05, 4.69) is 41.1 Å². The number of hydrogen-bond donors (Lipinski definition) is 2. The second kappa shape index (κ2) is 9.47. The molecule has 1 fully saturated rings. The quantitative estimate of drug-likeness (QED) is 0.714. The second-order valence-electron chi connectivity index (χ2n) is 8.61. The average Bonchev–Trinajstić information content (AvgIpc) is 2.75. The number of piperazine rings is 1. The zero-order valence-corrected chi connectivity index (χ0v) is 18.8. The van der Waals surface area contributed by atoms with Crippen LogP contribution in [0.15, 0.2) is 42.5 Å². The van der Waals surface area contributed by atoms with Gasteiger partial charge in [0.25, 0.3) is 0 Å². The van der Waals surface area contributed by atoms with E-state index in [1.807, 2.05) is 30.3 Å². The van der Waals surface area contributed by atoms with Crippen LogP contribution in [0.1, 0.15) is 25.8 Å². The first-order chi connectivity index (χ1) is 14.9. The average molecular weight is 444 g/mol. The Bertz CT molecular complexity index is 909. The van der Waals surface area contributed by atoms with Gasteiger partial charge in [-0.1, -0.05) is 11.6 Å². The number of hydrogen-bond acceptors (Lipinski definition) is 5. The van der Waals surface area contributed by atoms with E-state index in [1.54, 1.807) is 0 Å². The van der Waals surface area contributed by atoms with Crippen LogP contribution in [-0.2, 0) is 11.2 Å². The van der Waals surface area contributed by atoms with Crippen LogP contribution < -0.4 is 15.0 Å². The molecule has 1 amide bonds. The van der Waals surface area contributed by atoms with Crippen molar-refractivity contribution >= 4 is 28.9 Å². The molecule has 0 aliphatic carbocycles. The van der Waals surface area contributed by atoms with Crippen molar-refractivity contribution in [3.8, 4) is 5.75 Å². The summed E-state index contributed by atoms with van der Waals surface area (Å²) in [5.41, 5.74) is 3.10. The third-order valence-electron chi connectivity index (χ3n) is 6.13. The first-order valence-corrected chi connectivity index (χ1v) is 11.3. The Balaban J connectivity index is 1.30. The van der Waals surface area contributed by atoms with Crippen LogP contribution in [-0.4, -0.2) is 60.3 Å². The third-order valence-corrected chi connectivity index (χ3v) is 6.38. The fourth-order valence-electron chi connectivity index (χ4n) is 4.52. The Kier molecular flexibility index (Phi) is 6.70. The zero-order chi connectivity index (χ0) is 22.0. The topological polar surface area (TPSA) is 65.0 Å². The number of nitrogens with zero attached hydrogens (tertiary/aromatic N) is 2. The number of benzene rings is 2. The lowest BCUT2D eigenvalue weighted by atomic mass is 10.0. The Hall–Kier alpha value is -2.28. The number of anilines is 2. The van der Waals surface area contributed by atoms with E-state index in [9.17, 15) is 9.90 Å². The molecule has 0 bridgehead atoms. The summed E-state index contributed by atoms with van der Waals surface area (Å²) in [7, 11) is 0. The van der Waals surface area contributed by atoms with Crippen molar-refractivity contribution in [2.24, 2.45) is 0 Å². The van der Waals surface area contributed by atoms with Gasteiger partial charge in [-0.05, 0) is 68.3 Å². The second-order valence-corrected chi connectivity index (χ2v) is 9.04. The summed E-state index contributed by atoms with van der Waals surface area (Å²) in [6.45, 7) is 7.00. The number of ether oxygens (including phenoxy) is 1. The number of rotatable bonds is 6. The normalized spacial score (nSPS) is 22.6. The molecule has 3 unspecified atom stereocenters. The van der Waals surface area contributed by atoms with Crippen LogP contribution in [0.25, 0.3) is 0 Å². The fraction of sp³-hybridized carbons (Fsp3) is 0.458. The van der Waals surface area contributed by atoms with E-state index in [0.717, 1.165) is 35.1 Å². The van der Waals surface area contributed by atoms with Crippen LogP contribution in [0, 0.1) is 0 Å². The van der Waals surface area contributed by atoms with Gasteiger partial charge in [-0.25, -0.2) is 0 Å². The van der Waals surface area contributed by atoms with Gasteiger partial charge < -0.3 is 20.1 Å². The third kappa shape index (κ3) is 5.32. The number of carbonyl (C=O) groups excluding carboxylic acids is 1. The smallest absolute Gasteiger partial charge is 0.224 e. The van der Waals surface area contributed by atoms with Gasteiger partial charge in [0.15, 0.2) is 0 Å². The largest absolute Gasteiger partial charge is 0.491 e. The number of aryl methyl sites for hydroxylation is 1. The first kappa shape index (κ1) is 21.9. The number of nitrogens with one attached hydrogen (secondary N) is 1. The minimum absolute atomic E-state index is 0.0518. The molecule has 0 spiro atoms. The number of aliphatic hydroxyl groups excluding tert-OH is 1. The lowest BCUT2D eigenvalue weighted by Crippen LogP contribution is -2.58. The summed E-state index contributed by atoms with van der Waals surface area (Å²) in [6.07, 6.45) is 0.632. The molecule has 0 saturated carbocycles. The lowest BCUT2D eigenvalue weighted by molar-refractivity contribution is -0.116. The number of β-amino-alcohol motifs (C(OH)–C–C–N with tert-alkyl or cyclic N) is 1. The van der Waals surface area contributed by atoms with Gasteiger partial charge in [-0.2, -0.15) is 0 Å². The maximum absolute atomic E-state index is 11.5. The molecule has 0 aromatic heterocycles. The summed E-state index contributed by atoms with van der Waals surface area (Å²) in [5.74, 6) is 0.776. The van der Waals surface area contributed by atoms with Crippen molar-refractivity contribution in [3.63, 3.8) is 0 Å². The molecular formula is C24H30ClN3O3. The zero-order valence-electron chi connectivity index (χ0n) is 18.1. The van der Waals surface area contributed by atoms with Gasteiger partial charge in [0.1, 0.15) is 18.5 Å². The molecule has 2 aliphatic rings. The van der Waals surface area contributed by atoms with Crippen LogP contribution in [0.3, 0.4) is 0 Å². The Morgan fingerprint density at radius 2 is 1.84 bits per heavy atom. The SMILES string of the molecule is CC1CN(c2ccc(Cl)cc2)CC(C)N1CC(O)COc1ccc2c(c1)CCC(=O)N2. The molecule has 166 valence electrons. The number of carbonyl (C=O) groups is 1. The number of fused-ring (bicyclic) bond motifs is 1. The molecule has 2 aliphatic heterocycles. The molecule has 0 radical (unpaired) electrons. The first-order valence-electron chi connectivity index (χ1n) is 10.9. The van der Waals surface area contributed by atoms with Crippen LogP contribution >= 0.6 is 11.6 Å². The van der Waals surface area contributed by atoms with Crippen molar-refractivity contribution in [1.82, 2.24) is 4.90 Å². The molecule has 1 saturated heterocycles. The Morgan fingerprint density at radius 3 is 2.55 bits per heavy atom. The van der Waals surface area contributed by atoms with E-state index in [-0.39, 0.29) is 12.5 Å². The predicted octanol–water partition coefficient (Wildman–Crippen LogP) is 3.56. The fourth-order valence-corrected chi connectivity index (χ4v) is 4.64. The van der Waals surface area contributed by atoms with Gasteiger partial charge in [0, 0.05) is 54.5 Å². The van der Waals surface area contributed by atoms with Gasteiger partial charge in [0.05, 0.1) is 0 Å². The number of amides is 1. The van der Waals surface area contributed by atoms with Crippen LogP contribution in [0.5, 0.6) is 5.75 Å². The maximum atomic E-state index is 11.5. The molecule has 2 N–H and O–H groups in total. The van der Waals surface area contributed by atoms with Crippen molar-refractivity contribution in [3.05, 3.63) is 53.1 Å². The van der Waals surface area contributed by atoms with Crippen molar-refractivity contribution < 1.29 is 14.6 Å². The summed E-state index contributed by atoms with van der Waals surface area (Å²) >= 11 is 6.02. The van der Waals surface area contributed by atoms with Crippen LogP contribution in [0.2, 0.25) is 5.02 Å². The van der Waals surface area contributed by atoms with Crippen molar-refractivity contribution in [1.29, 1.82) is 0 Å². The molecular weight excluding hydrogens is 414 g/mol. The summed E-state index contributed by atoms with van der Waals surface area (Å²) in [5, 5.41) is 14.3. The molecule has 2 aromatic rings. The lowest BCUT2D eigenvalue weighted by Gasteiger charge is -2.46. The molecule has 2 heterocycles. The highest BCUT2D eigenvalue weighted by Crippen LogP contribution is 2.27. The van der Waals surface area contributed by atoms with Crippen LogP contribution in [0.4, 0.5) is 11.4 Å². The van der Waals surface area contributed by atoms with E-state index < -0.39 is 6.10 Å². The Morgan fingerprint density at radius 1 is 1.13 bits per heavy atom. The molecule has 4 rings (SSSR count). The summed E-state index contributed by atoms with van der Waals surface area (Å²) < 4.78 is 5.86. The molecule has 3 atom stereocenters. The Labute approximate surface area is 188 Å². The molecule has 7 heteroatoms. The highest BCUT2D eigenvalue weighted by atomic mass is 35.5. The van der Waals surface area contributed by atoms with Gasteiger partial charge >= 0.3 is 0 Å². The molecule has 31 heavy (non-hydrogen) atoms. The highest BCUT2D eigenvalue weighted by Gasteiger charge is 2.31. The van der Waals surface area contributed by atoms with Gasteiger partial charge in [0.2, 0.25) is 5.91 Å². The molecule has 6 nitrogen and oxygen atoms in total. The summed E-state index contributed by atoms with van der Waals surface area (Å²) in [6, 6.07) is 14.2. The van der Waals surface area contributed by atoms with Gasteiger partial charge in [-0.3, -0.25) is 9.69 Å².